The van der Waals surface area contributed by atoms with Crippen molar-refractivity contribution in [3.05, 3.63) is 53.6 Å². The SMILES string of the molecule is O=C1Nc2ccccc2C[C@H]1CCC(=O)N1CCC[C@H]1c1ccc2c(c1)OCCCO2. The first kappa shape index (κ1) is 19.9. The van der Waals surface area contributed by atoms with Crippen LogP contribution in [0.4, 0.5) is 5.69 Å². The number of hydrogen-bond acceptors (Lipinski definition) is 4. The number of hydrogen-bond donors (Lipinski definition) is 1. The van der Waals surface area contributed by atoms with Crippen LogP contribution in [-0.4, -0.2) is 36.5 Å². The Labute approximate surface area is 182 Å². The van der Waals surface area contributed by atoms with Gasteiger partial charge in [-0.15, -0.1) is 0 Å². The molecule has 6 nitrogen and oxygen atoms in total. The highest BCUT2D eigenvalue weighted by atomic mass is 16.5. The van der Waals surface area contributed by atoms with Crippen LogP contribution < -0.4 is 14.8 Å². The zero-order chi connectivity index (χ0) is 21.2. The van der Waals surface area contributed by atoms with E-state index in [1.54, 1.807) is 0 Å². The van der Waals surface area contributed by atoms with Crippen LogP contribution in [0.15, 0.2) is 42.5 Å². The van der Waals surface area contributed by atoms with Gasteiger partial charge in [0.2, 0.25) is 11.8 Å². The highest BCUT2D eigenvalue weighted by molar-refractivity contribution is 5.96. The molecule has 2 amide bonds. The molecular formula is C25H28N2O4. The van der Waals surface area contributed by atoms with Crippen molar-refractivity contribution in [3.8, 4) is 11.5 Å². The minimum atomic E-state index is -0.155. The van der Waals surface area contributed by atoms with Crippen LogP contribution in [0, 0.1) is 5.92 Å². The summed E-state index contributed by atoms with van der Waals surface area (Å²) >= 11 is 0. The number of ether oxygens (including phenoxy) is 2. The number of para-hydroxylation sites is 1. The Balaban J connectivity index is 1.24. The Kier molecular flexibility index (Phi) is 5.53. The Morgan fingerprint density at radius 3 is 2.81 bits per heavy atom. The van der Waals surface area contributed by atoms with E-state index < -0.39 is 0 Å². The van der Waals surface area contributed by atoms with E-state index in [0.29, 0.717) is 32.5 Å². The van der Waals surface area contributed by atoms with Crippen LogP contribution in [0.1, 0.15) is 49.3 Å². The molecule has 2 atom stereocenters. The fraction of sp³-hybridized carbons (Fsp3) is 0.440. The average Bonchev–Trinajstić information content (AvgIpc) is 3.16. The van der Waals surface area contributed by atoms with E-state index in [1.807, 2.05) is 41.3 Å². The van der Waals surface area contributed by atoms with Gasteiger partial charge in [-0.2, -0.15) is 0 Å². The van der Waals surface area contributed by atoms with Crippen molar-refractivity contribution in [3.63, 3.8) is 0 Å². The van der Waals surface area contributed by atoms with Gasteiger partial charge in [0.15, 0.2) is 11.5 Å². The van der Waals surface area contributed by atoms with Crippen LogP contribution in [0.2, 0.25) is 0 Å². The number of nitrogens with one attached hydrogen (secondary N) is 1. The maximum Gasteiger partial charge on any atom is 0.227 e. The molecule has 2 aromatic carbocycles. The fourth-order valence-corrected chi connectivity index (χ4v) is 4.89. The van der Waals surface area contributed by atoms with Gasteiger partial charge in [0.05, 0.1) is 19.3 Å². The van der Waals surface area contributed by atoms with Crippen LogP contribution in [-0.2, 0) is 16.0 Å². The first-order valence-electron chi connectivity index (χ1n) is 11.3. The summed E-state index contributed by atoms with van der Waals surface area (Å²) in [6.07, 6.45) is 4.47. The smallest absolute Gasteiger partial charge is 0.227 e. The third-order valence-corrected chi connectivity index (χ3v) is 6.55. The van der Waals surface area contributed by atoms with Crippen molar-refractivity contribution in [2.24, 2.45) is 5.92 Å². The number of anilines is 1. The van der Waals surface area contributed by atoms with Gasteiger partial charge in [-0.1, -0.05) is 24.3 Å². The van der Waals surface area contributed by atoms with Gasteiger partial charge in [-0.3, -0.25) is 9.59 Å². The number of carbonyl (C=O) groups excluding carboxylic acids is 2. The molecule has 3 aliphatic rings. The maximum atomic E-state index is 13.1. The summed E-state index contributed by atoms with van der Waals surface area (Å²) in [6, 6.07) is 14.0. The molecule has 5 rings (SSSR count). The predicted molar refractivity (Wildman–Crippen MR) is 117 cm³/mol. The number of benzene rings is 2. The zero-order valence-corrected chi connectivity index (χ0v) is 17.6. The van der Waals surface area contributed by atoms with Gasteiger partial charge in [0.25, 0.3) is 0 Å². The number of amides is 2. The number of fused-ring (bicyclic) bond motifs is 2. The van der Waals surface area contributed by atoms with E-state index in [4.69, 9.17) is 9.47 Å². The van der Waals surface area contributed by atoms with E-state index in [9.17, 15) is 9.59 Å². The number of carbonyl (C=O) groups is 2. The van der Waals surface area contributed by atoms with Crippen molar-refractivity contribution in [2.75, 3.05) is 25.1 Å². The molecule has 0 saturated carbocycles. The molecule has 3 heterocycles. The van der Waals surface area contributed by atoms with E-state index >= 15 is 0 Å². The fourth-order valence-electron chi connectivity index (χ4n) is 4.89. The summed E-state index contributed by atoms with van der Waals surface area (Å²) in [7, 11) is 0. The second kappa shape index (κ2) is 8.61. The lowest BCUT2D eigenvalue weighted by Crippen LogP contribution is -2.33. The quantitative estimate of drug-likeness (QED) is 0.809. The minimum absolute atomic E-state index is 0.0207. The molecule has 1 N–H and O–H groups in total. The molecule has 6 heteroatoms. The third kappa shape index (κ3) is 4.11. The summed E-state index contributed by atoms with van der Waals surface area (Å²) < 4.78 is 11.6. The van der Waals surface area contributed by atoms with Crippen molar-refractivity contribution >= 4 is 17.5 Å². The van der Waals surface area contributed by atoms with Crippen molar-refractivity contribution in [1.29, 1.82) is 0 Å². The van der Waals surface area contributed by atoms with Gasteiger partial charge >= 0.3 is 0 Å². The van der Waals surface area contributed by atoms with Gasteiger partial charge in [-0.05, 0) is 55.0 Å². The van der Waals surface area contributed by atoms with Crippen LogP contribution >= 0.6 is 0 Å². The summed E-state index contributed by atoms with van der Waals surface area (Å²) in [6.45, 7) is 2.08. The second-order valence-corrected chi connectivity index (χ2v) is 8.59. The molecular weight excluding hydrogens is 392 g/mol. The number of likely N-dealkylation sites (tertiary alicyclic amines) is 1. The standard InChI is InChI=1S/C25H28N2O4/c28-24(11-9-19-15-17-5-1-2-6-20(17)26-25(19)29)27-12-3-7-21(27)18-8-10-22-23(16-18)31-14-4-13-30-22/h1-2,5-6,8,10,16,19,21H,3-4,7,9,11-15H2,(H,26,29)/t19-,21+/m1/s1. The van der Waals surface area contributed by atoms with Gasteiger partial charge < -0.3 is 19.7 Å². The monoisotopic (exact) mass is 420 g/mol. The molecule has 2 aromatic rings. The van der Waals surface area contributed by atoms with Crippen LogP contribution in [0.3, 0.4) is 0 Å². The predicted octanol–water partition coefficient (Wildman–Crippen LogP) is 4.10. The van der Waals surface area contributed by atoms with Crippen LogP contribution in [0.5, 0.6) is 11.5 Å². The van der Waals surface area contributed by atoms with E-state index in [1.165, 1.54) is 0 Å². The maximum absolute atomic E-state index is 13.1. The Morgan fingerprint density at radius 1 is 1.06 bits per heavy atom. The highest BCUT2D eigenvalue weighted by Crippen LogP contribution is 2.38. The molecule has 1 saturated heterocycles. The minimum Gasteiger partial charge on any atom is -0.490 e. The van der Waals surface area contributed by atoms with Gasteiger partial charge in [0, 0.05) is 31.0 Å². The number of rotatable bonds is 4. The lowest BCUT2D eigenvalue weighted by atomic mass is 9.89. The largest absolute Gasteiger partial charge is 0.490 e. The zero-order valence-electron chi connectivity index (χ0n) is 17.6. The summed E-state index contributed by atoms with van der Waals surface area (Å²) in [5.41, 5.74) is 3.13. The molecule has 162 valence electrons. The van der Waals surface area contributed by atoms with Crippen molar-refractivity contribution in [2.45, 2.75) is 44.6 Å². The normalized spacial score (nSPS) is 22.5. The lowest BCUT2D eigenvalue weighted by Gasteiger charge is -2.28. The molecule has 0 aromatic heterocycles. The molecule has 1 fully saturated rings. The van der Waals surface area contributed by atoms with E-state index in [2.05, 4.69) is 11.4 Å². The van der Waals surface area contributed by atoms with Crippen molar-refractivity contribution in [1.82, 2.24) is 4.90 Å². The average molecular weight is 421 g/mol. The van der Waals surface area contributed by atoms with E-state index in [-0.39, 0.29) is 23.8 Å². The first-order chi connectivity index (χ1) is 15.2. The Hall–Kier alpha value is -3.02. The molecule has 31 heavy (non-hydrogen) atoms. The molecule has 0 bridgehead atoms. The van der Waals surface area contributed by atoms with Gasteiger partial charge in [0.1, 0.15) is 0 Å². The molecule has 0 spiro atoms. The topological polar surface area (TPSA) is 67.9 Å². The molecule has 3 aliphatic heterocycles. The van der Waals surface area contributed by atoms with Crippen molar-refractivity contribution < 1.29 is 19.1 Å². The third-order valence-electron chi connectivity index (χ3n) is 6.55. The number of nitrogens with zero attached hydrogens (tertiary/aromatic N) is 1. The first-order valence-corrected chi connectivity index (χ1v) is 11.3. The molecule has 0 unspecified atom stereocenters. The lowest BCUT2D eigenvalue weighted by molar-refractivity contribution is -0.132. The Bertz CT molecular complexity index is 989. The van der Waals surface area contributed by atoms with Crippen LogP contribution in [0.25, 0.3) is 0 Å². The van der Waals surface area contributed by atoms with E-state index in [0.717, 1.165) is 54.1 Å². The summed E-state index contributed by atoms with van der Waals surface area (Å²) in [5.74, 6) is 1.54. The highest BCUT2D eigenvalue weighted by Gasteiger charge is 2.32. The Morgan fingerprint density at radius 2 is 1.90 bits per heavy atom. The summed E-state index contributed by atoms with van der Waals surface area (Å²) in [5, 5.41) is 2.98. The molecule has 0 radical (unpaired) electrons. The summed E-state index contributed by atoms with van der Waals surface area (Å²) in [4.78, 5) is 27.6. The second-order valence-electron chi connectivity index (χ2n) is 8.59. The molecule has 0 aliphatic carbocycles. The van der Waals surface area contributed by atoms with Gasteiger partial charge in [-0.25, -0.2) is 0 Å².